The van der Waals surface area contributed by atoms with Gasteiger partial charge in [-0.1, -0.05) is 67.1 Å². The molecular formula is C26H36N4O2. The second kappa shape index (κ2) is 12.1. The van der Waals surface area contributed by atoms with E-state index in [4.69, 9.17) is 0 Å². The highest BCUT2D eigenvalue weighted by Crippen LogP contribution is 2.28. The molecule has 4 amide bonds. The predicted molar refractivity (Wildman–Crippen MR) is 128 cm³/mol. The fourth-order valence-electron chi connectivity index (χ4n) is 4.39. The van der Waals surface area contributed by atoms with Gasteiger partial charge in [0.15, 0.2) is 0 Å². The number of hydrogen-bond acceptors (Lipinski definition) is 2. The first kappa shape index (κ1) is 23.6. The largest absolute Gasteiger partial charge is 0.338 e. The van der Waals surface area contributed by atoms with Crippen molar-refractivity contribution >= 4 is 12.1 Å². The standard InChI is InChI=1S/C26H36N4O2/c1-19(23-12-5-3-6-13-23)29-25(31)27-17-21-10-9-11-22(16-21)18-28-26(32)30-20(2)24-14-7-4-8-15-24/h3-8,12-15,19-22H,9-11,16-18H2,1-2H3,(H2,27,29,31)(H2,28,30,32). The van der Waals surface area contributed by atoms with Crippen molar-refractivity contribution in [2.75, 3.05) is 13.1 Å². The maximum Gasteiger partial charge on any atom is 0.315 e. The van der Waals surface area contributed by atoms with Gasteiger partial charge in [0.1, 0.15) is 0 Å². The highest BCUT2D eigenvalue weighted by atomic mass is 16.2. The Morgan fingerprint density at radius 1 is 0.750 bits per heavy atom. The number of amides is 4. The maximum absolute atomic E-state index is 12.3. The van der Waals surface area contributed by atoms with Crippen molar-refractivity contribution in [2.45, 2.75) is 51.6 Å². The number of urea groups is 2. The molecule has 4 atom stereocenters. The average molecular weight is 437 g/mol. The summed E-state index contributed by atoms with van der Waals surface area (Å²) in [5.74, 6) is 0.888. The van der Waals surface area contributed by atoms with Crippen molar-refractivity contribution in [3.8, 4) is 0 Å². The van der Waals surface area contributed by atoms with Gasteiger partial charge in [0.05, 0.1) is 12.1 Å². The minimum Gasteiger partial charge on any atom is -0.338 e. The molecule has 1 aliphatic carbocycles. The summed E-state index contributed by atoms with van der Waals surface area (Å²) < 4.78 is 0. The van der Waals surface area contributed by atoms with Crippen LogP contribution in [0.15, 0.2) is 60.7 Å². The maximum atomic E-state index is 12.3. The summed E-state index contributed by atoms with van der Waals surface area (Å²) in [6.45, 7) is 5.31. The Kier molecular flexibility index (Phi) is 8.96. The van der Waals surface area contributed by atoms with Gasteiger partial charge in [-0.2, -0.15) is 0 Å². The van der Waals surface area contributed by atoms with E-state index in [1.54, 1.807) is 0 Å². The molecule has 1 saturated carbocycles. The van der Waals surface area contributed by atoms with E-state index in [1.165, 1.54) is 0 Å². The Morgan fingerprint density at radius 3 is 1.56 bits per heavy atom. The molecule has 6 heteroatoms. The van der Waals surface area contributed by atoms with Gasteiger partial charge in [-0.25, -0.2) is 9.59 Å². The van der Waals surface area contributed by atoms with Crippen molar-refractivity contribution in [2.24, 2.45) is 11.8 Å². The van der Waals surface area contributed by atoms with Crippen LogP contribution in [0, 0.1) is 11.8 Å². The highest BCUT2D eigenvalue weighted by molar-refractivity contribution is 5.74. The zero-order chi connectivity index (χ0) is 22.8. The predicted octanol–water partition coefficient (Wildman–Crippen LogP) is 4.91. The first-order valence-electron chi connectivity index (χ1n) is 11.7. The lowest BCUT2D eigenvalue weighted by Crippen LogP contribution is -2.42. The van der Waals surface area contributed by atoms with E-state index >= 15 is 0 Å². The molecule has 0 radical (unpaired) electrons. The van der Waals surface area contributed by atoms with Crippen LogP contribution in [-0.4, -0.2) is 25.2 Å². The zero-order valence-corrected chi connectivity index (χ0v) is 19.1. The Bertz CT molecular complexity index is 774. The SMILES string of the molecule is CC(NC(=O)NCC1CCCC(CNC(=O)NC(C)c2ccccc2)C1)c1ccccc1. The molecule has 1 fully saturated rings. The molecule has 6 nitrogen and oxygen atoms in total. The molecule has 0 heterocycles. The van der Waals surface area contributed by atoms with Gasteiger partial charge in [-0.3, -0.25) is 0 Å². The third-order valence-corrected chi connectivity index (χ3v) is 6.29. The molecule has 0 aliphatic heterocycles. The lowest BCUT2D eigenvalue weighted by Gasteiger charge is -2.29. The minimum atomic E-state index is -0.129. The molecule has 32 heavy (non-hydrogen) atoms. The van der Waals surface area contributed by atoms with Crippen LogP contribution in [0.3, 0.4) is 0 Å². The number of benzene rings is 2. The van der Waals surface area contributed by atoms with Gasteiger partial charge in [-0.05, 0) is 56.1 Å². The van der Waals surface area contributed by atoms with Crippen molar-refractivity contribution in [3.63, 3.8) is 0 Å². The molecule has 0 bridgehead atoms. The first-order chi connectivity index (χ1) is 15.5. The van der Waals surface area contributed by atoms with Gasteiger partial charge in [0, 0.05) is 13.1 Å². The average Bonchev–Trinajstić information content (AvgIpc) is 2.83. The Hall–Kier alpha value is -3.02. The second-order valence-corrected chi connectivity index (χ2v) is 8.87. The molecule has 2 aromatic rings. The van der Waals surface area contributed by atoms with Gasteiger partial charge in [0.25, 0.3) is 0 Å². The number of hydrogen-bond donors (Lipinski definition) is 4. The van der Waals surface area contributed by atoms with E-state index in [0.29, 0.717) is 24.9 Å². The zero-order valence-electron chi connectivity index (χ0n) is 19.1. The van der Waals surface area contributed by atoms with Crippen LogP contribution in [0.1, 0.15) is 62.7 Å². The molecule has 4 unspecified atom stereocenters. The van der Waals surface area contributed by atoms with Crippen LogP contribution in [0.25, 0.3) is 0 Å². The molecule has 0 aromatic heterocycles. The summed E-state index contributed by atoms with van der Waals surface area (Å²) in [6, 6.07) is 19.6. The van der Waals surface area contributed by atoms with Crippen molar-refractivity contribution < 1.29 is 9.59 Å². The van der Waals surface area contributed by atoms with E-state index in [2.05, 4.69) is 21.3 Å². The van der Waals surface area contributed by atoms with Gasteiger partial charge < -0.3 is 21.3 Å². The summed E-state index contributed by atoms with van der Waals surface area (Å²) in [5, 5.41) is 12.1. The topological polar surface area (TPSA) is 82.3 Å². The number of nitrogens with one attached hydrogen (secondary N) is 4. The van der Waals surface area contributed by atoms with Crippen molar-refractivity contribution in [3.05, 3.63) is 71.8 Å². The number of carbonyl (C=O) groups excluding carboxylic acids is 2. The Labute approximate surface area is 191 Å². The normalized spacial score (nSPS) is 19.9. The quantitative estimate of drug-likeness (QED) is 0.474. The molecule has 4 N–H and O–H groups in total. The molecular weight excluding hydrogens is 400 g/mol. The molecule has 2 aromatic carbocycles. The van der Waals surface area contributed by atoms with E-state index in [0.717, 1.165) is 36.8 Å². The van der Waals surface area contributed by atoms with Crippen LogP contribution in [0.5, 0.6) is 0 Å². The third-order valence-electron chi connectivity index (χ3n) is 6.29. The lowest BCUT2D eigenvalue weighted by atomic mass is 9.81. The Balaban J connectivity index is 1.35. The molecule has 3 rings (SSSR count). The van der Waals surface area contributed by atoms with E-state index < -0.39 is 0 Å². The first-order valence-corrected chi connectivity index (χ1v) is 11.7. The molecule has 0 saturated heterocycles. The van der Waals surface area contributed by atoms with Crippen molar-refractivity contribution in [1.29, 1.82) is 0 Å². The lowest BCUT2D eigenvalue weighted by molar-refractivity contribution is 0.219. The summed E-state index contributed by atoms with van der Waals surface area (Å²) in [4.78, 5) is 24.6. The fourth-order valence-corrected chi connectivity index (χ4v) is 4.39. The third kappa shape index (κ3) is 7.59. The second-order valence-electron chi connectivity index (χ2n) is 8.87. The van der Waals surface area contributed by atoms with Crippen LogP contribution in [-0.2, 0) is 0 Å². The molecule has 172 valence electrons. The monoisotopic (exact) mass is 436 g/mol. The minimum absolute atomic E-state index is 0.0312. The molecule has 1 aliphatic rings. The summed E-state index contributed by atoms with van der Waals surface area (Å²) in [6.07, 6.45) is 4.37. The highest BCUT2D eigenvalue weighted by Gasteiger charge is 2.23. The van der Waals surface area contributed by atoms with Crippen molar-refractivity contribution in [1.82, 2.24) is 21.3 Å². The summed E-state index contributed by atoms with van der Waals surface area (Å²) in [7, 11) is 0. The van der Waals surface area contributed by atoms with E-state index in [-0.39, 0.29) is 24.1 Å². The smallest absolute Gasteiger partial charge is 0.315 e. The number of carbonyl (C=O) groups is 2. The number of rotatable bonds is 8. The van der Waals surface area contributed by atoms with Crippen LogP contribution in [0.4, 0.5) is 9.59 Å². The van der Waals surface area contributed by atoms with Crippen LogP contribution in [0.2, 0.25) is 0 Å². The van der Waals surface area contributed by atoms with Crippen LogP contribution < -0.4 is 21.3 Å². The van der Waals surface area contributed by atoms with Crippen LogP contribution >= 0.6 is 0 Å². The van der Waals surface area contributed by atoms with Gasteiger partial charge in [-0.15, -0.1) is 0 Å². The van der Waals surface area contributed by atoms with Gasteiger partial charge in [0.2, 0.25) is 0 Å². The summed E-state index contributed by atoms with van der Waals surface area (Å²) >= 11 is 0. The fraction of sp³-hybridized carbons (Fsp3) is 0.462. The Morgan fingerprint density at radius 2 is 1.16 bits per heavy atom. The van der Waals surface area contributed by atoms with E-state index in [1.807, 2.05) is 74.5 Å². The molecule has 0 spiro atoms. The summed E-state index contributed by atoms with van der Waals surface area (Å²) in [5.41, 5.74) is 2.18. The van der Waals surface area contributed by atoms with Gasteiger partial charge >= 0.3 is 12.1 Å². The van der Waals surface area contributed by atoms with E-state index in [9.17, 15) is 9.59 Å².